The highest BCUT2D eigenvalue weighted by Crippen LogP contribution is 2.38. The molecule has 1 atom stereocenters. The van der Waals surface area contributed by atoms with E-state index in [0.717, 1.165) is 14.7 Å². The number of halogens is 5. The molecule has 0 N–H and O–H groups in total. The van der Waals surface area contributed by atoms with Gasteiger partial charge in [-0.1, -0.05) is 22.0 Å². The molecule has 1 unspecified atom stereocenters. The summed E-state index contributed by atoms with van der Waals surface area (Å²) in [6.07, 6.45) is 0. The van der Waals surface area contributed by atoms with E-state index in [2.05, 4.69) is 31.9 Å². The molecule has 90 valence electrons. The third-order valence-corrected chi connectivity index (χ3v) is 5.16. The number of thiophene rings is 1. The molecule has 6 heteroatoms. The number of hydrogen-bond acceptors (Lipinski definition) is 1. The van der Waals surface area contributed by atoms with Crippen molar-refractivity contribution in [3.63, 3.8) is 0 Å². The van der Waals surface area contributed by atoms with Gasteiger partial charge < -0.3 is 0 Å². The summed E-state index contributed by atoms with van der Waals surface area (Å²) in [5, 5.41) is 0. The molecule has 2 aromatic rings. The van der Waals surface area contributed by atoms with Gasteiger partial charge in [0.05, 0.1) is 8.61 Å². The van der Waals surface area contributed by atoms with Gasteiger partial charge in [0.2, 0.25) is 0 Å². The van der Waals surface area contributed by atoms with Gasteiger partial charge in [-0.3, -0.25) is 0 Å². The molecule has 0 bridgehead atoms. The lowest BCUT2D eigenvalue weighted by atomic mass is 10.1. The Hall–Kier alpha value is -0.330. The Labute approximate surface area is 117 Å². The average Bonchev–Trinajstić information content (AvgIpc) is 2.72. The Kier molecular flexibility index (Phi) is 3.95. The maximum absolute atomic E-state index is 13.6. The normalized spacial score (nSPS) is 12.8. The van der Waals surface area contributed by atoms with Crippen LogP contribution in [0.3, 0.4) is 0 Å². The molecule has 0 amide bonds. The van der Waals surface area contributed by atoms with Crippen LogP contribution in [-0.2, 0) is 0 Å². The summed E-state index contributed by atoms with van der Waals surface area (Å²) < 4.78 is 40.3. The molecule has 0 aliphatic carbocycles. The Morgan fingerprint density at radius 2 is 1.71 bits per heavy atom. The van der Waals surface area contributed by atoms with E-state index in [4.69, 9.17) is 0 Å². The van der Waals surface area contributed by atoms with Crippen LogP contribution in [0.1, 0.15) is 15.3 Å². The zero-order chi connectivity index (χ0) is 12.6. The van der Waals surface area contributed by atoms with Gasteiger partial charge >= 0.3 is 0 Å². The minimum atomic E-state index is -1.44. The van der Waals surface area contributed by atoms with Gasteiger partial charge in [-0.15, -0.1) is 11.3 Å². The molecule has 17 heavy (non-hydrogen) atoms. The SMILES string of the molecule is Fc1ccc(C(Br)c2ccc(Br)s2)c(F)c1F. The number of hydrogen-bond donors (Lipinski definition) is 0. The zero-order valence-corrected chi connectivity index (χ0v) is 12.2. The summed E-state index contributed by atoms with van der Waals surface area (Å²) >= 11 is 7.96. The molecule has 0 radical (unpaired) electrons. The van der Waals surface area contributed by atoms with Crippen LogP contribution in [0.25, 0.3) is 0 Å². The second-order valence-corrected chi connectivity index (χ2v) is 6.68. The molecule has 0 aliphatic heterocycles. The van der Waals surface area contributed by atoms with Crippen molar-refractivity contribution in [1.82, 2.24) is 0 Å². The van der Waals surface area contributed by atoms with Crippen molar-refractivity contribution in [2.75, 3.05) is 0 Å². The van der Waals surface area contributed by atoms with Crippen LogP contribution in [0.4, 0.5) is 13.2 Å². The lowest BCUT2D eigenvalue weighted by molar-refractivity contribution is 0.442. The smallest absolute Gasteiger partial charge is 0.194 e. The van der Waals surface area contributed by atoms with Crippen LogP contribution in [-0.4, -0.2) is 0 Å². The minimum absolute atomic E-state index is 0.0817. The molecule has 0 spiro atoms. The van der Waals surface area contributed by atoms with Crippen LogP contribution in [0, 0.1) is 17.5 Å². The quantitative estimate of drug-likeness (QED) is 0.478. The maximum atomic E-state index is 13.6. The van der Waals surface area contributed by atoms with Gasteiger partial charge in [-0.05, 0) is 34.1 Å². The first-order valence-electron chi connectivity index (χ1n) is 4.53. The highest BCUT2D eigenvalue weighted by molar-refractivity contribution is 9.11. The third kappa shape index (κ3) is 2.58. The summed E-state index contributed by atoms with van der Waals surface area (Å²) in [6, 6.07) is 5.76. The fourth-order valence-corrected chi connectivity index (χ4v) is 3.56. The third-order valence-electron chi connectivity index (χ3n) is 2.18. The Bertz CT molecular complexity index is 554. The van der Waals surface area contributed by atoms with Crippen molar-refractivity contribution in [3.05, 3.63) is 55.9 Å². The molecule has 0 saturated heterocycles. The lowest BCUT2D eigenvalue weighted by Gasteiger charge is -2.10. The lowest BCUT2D eigenvalue weighted by Crippen LogP contribution is -2.00. The van der Waals surface area contributed by atoms with Gasteiger partial charge in [-0.2, -0.15) is 0 Å². The first-order chi connectivity index (χ1) is 8.00. The highest BCUT2D eigenvalue weighted by atomic mass is 79.9. The number of alkyl halides is 1. The fraction of sp³-hybridized carbons (Fsp3) is 0.0909. The van der Waals surface area contributed by atoms with Crippen molar-refractivity contribution in [2.24, 2.45) is 0 Å². The van der Waals surface area contributed by atoms with Crippen molar-refractivity contribution in [3.8, 4) is 0 Å². The van der Waals surface area contributed by atoms with E-state index >= 15 is 0 Å². The van der Waals surface area contributed by atoms with Crippen LogP contribution >= 0.6 is 43.2 Å². The summed E-state index contributed by atoms with van der Waals surface area (Å²) in [5.41, 5.74) is 0.0817. The zero-order valence-electron chi connectivity index (χ0n) is 8.18. The van der Waals surface area contributed by atoms with Crippen LogP contribution in [0.15, 0.2) is 28.1 Å². The molecular weight excluding hydrogens is 381 g/mol. The van der Waals surface area contributed by atoms with Gasteiger partial charge in [0.25, 0.3) is 0 Å². The standard InChI is InChI=1S/C11H5Br2F3S/c12-8-4-3-7(17-8)9(13)5-1-2-6(14)11(16)10(5)15/h1-4,9H. The van der Waals surface area contributed by atoms with Gasteiger partial charge in [0.15, 0.2) is 17.5 Å². The van der Waals surface area contributed by atoms with Crippen molar-refractivity contribution in [1.29, 1.82) is 0 Å². The Morgan fingerprint density at radius 3 is 2.29 bits per heavy atom. The van der Waals surface area contributed by atoms with Crippen molar-refractivity contribution < 1.29 is 13.2 Å². The van der Waals surface area contributed by atoms with Gasteiger partial charge in [-0.25, -0.2) is 13.2 Å². The van der Waals surface area contributed by atoms with Crippen LogP contribution in [0.2, 0.25) is 0 Å². The number of rotatable bonds is 2. The largest absolute Gasteiger partial charge is 0.204 e. The van der Waals surface area contributed by atoms with Gasteiger partial charge in [0.1, 0.15) is 0 Å². The predicted octanol–water partition coefficient (Wildman–Crippen LogP) is 5.41. The van der Waals surface area contributed by atoms with Crippen molar-refractivity contribution >= 4 is 43.2 Å². The topological polar surface area (TPSA) is 0 Å². The highest BCUT2D eigenvalue weighted by Gasteiger charge is 2.21. The molecular formula is C11H5Br2F3S. The molecule has 1 aromatic carbocycles. The average molecular weight is 386 g/mol. The second-order valence-electron chi connectivity index (χ2n) is 3.27. The Balaban J connectivity index is 2.44. The van der Waals surface area contributed by atoms with Crippen LogP contribution < -0.4 is 0 Å². The Morgan fingerprint density at radius 1 is 1.00 bits per heavy atom. The molecule has 0 nitrogen and oxygen atoms in total. The van der Waals surface area contributed by atoms with Crippen LogP contribution in [0.5, 0.6) is 0 Å². The number of benzene rings is 1. The molecule has 0 saturated carbocycles. The van der Waals surface area contributed by atoms with Crippen molar-refractivity contribution in [2.45, 2.75) is 4.83 Å². The maximum Gasteiger partial charge on any atom is 0.194 e. The summed E-state index contributed by atoms with van der Waals surface area (Å²) in [5.74, 6) is -3.78. The molecule has 2 rings (SSSR count). The molecule has 0 fully saturated rings. The monoisotopic (exact) mass is 384 g/mol. The van der Waals surface area contributed by atoms with E-state index in [-0.39, 0.29) is 5.56 Å². The molecule has 1 aromatic heterocycles. The second kappa shape index (κ2) is 5.12. The van der Waals surface area contributed by atoms with E-state index < -0.39 is 22.3 Å². The van der Waals surface area contributed by atoms with E-state index in [0.29, 0.717) is 0 Å². The first kappa shape index (κ1) is 13.1. The predicted molar refractivity (Wildman–Crippen MR) is 69.1 cm³/mol. The van der Waals surface area contributed by atoms with E-state index in [9.17, 15) is 13.2 Å². The van der Waals surface area contributed by atoms with E-state index in [1.807, 2.05) is 6.07 Å². The minimum Gasteiger partial charge on any atom is -0.204 e. The summed E-state index contributed by atoms with van der Waals surface area (Å²) in [4.78, 5) is 0.315. The first-order valence-corrected chi connectivity index (χ1v) is 7.06. The summed E-state index contributed by atoms with van der Waals surface area (Å²) in [6.45, 7) is 0. The van der Waals surface area contributed by atoms with E-state index in [1.165, 1.54) is 17.4 Å². The fourth-order valence-electron chi connectivity index (χ4n) is 1.35. The molecule has 0 aliphatic rings. The summed E-state index contributed by atoms with van der Waals surface area (Å²) in [7, 11) is 0. The van der Waals surface area contributed by atoms with Gasteiger partial charge in [0, 0.05) is 10.4 Å². The van der Waals surface area contributed by atoms with E-state index in [1.54, 1.807) is 6.07 Å². The molecule has 1 heterocycles.